The summed E-state index contributed by atoms with van der Waals surface area (Å²) in [4.78, 5) is 10.6. The standard InChI is InChI=1S/C16H17N3O4/c1-11-4-6-13(7-5-11)18-17-10-12-8-14(19(20)21)16(23-3)9-15(12)22-2/h4-10,18H,1-3H3/b17-10+. The fourth-order valence-corrected chi connectivity index (χ4v) is 1.95. The third-order valence-corrected chi connectivity index (χ3v) is 3.18. The highest BCUT2D eigenvalue weighted by atomic mass is 16.6. The molecule has 2 aromatic carbocycles. The first-order valence-corrected chi connectivity index (χ1v) is 6.81. The summed E-state index contributed by atoms with van der Waals surface area (Å²) in [5.74, 6) is 0.567. The molecule has 23 heavy (non-hydrogen) atoms. The van der Waals surface area contributed by atoms with Gasteiger partial charge >= 0.3 is 5.69 Å². The number of aryl methyl sites for hydroxylation is 1. The van der Waals surface area contributed by atoms with E-state index in [0.29, 0.717) is 11.3 Å². The van der Waals surface area contributed by atoms with Crippen LogP contribution in [0.4, 0.5) is 11.4 Å². The van der Waals surface area contributed by atoms with E-state index in [2.05, 4.69) is 10.5 Å². The highest BCUT2D eigenvalue weighted by molar-refractivity contribution is 5.86. The van der Waals surface area contributed by atoms with Crippen molar-refractivity contribution in [3.63, 3.8) is 0 Å². The van der Waals surface area contributed by atoms with Gasteiger partial charge in [-0.15, -0.1) is 0 Å². The predicted molar refractivity (Wildman–Crippen MR) is 88.6 cm³/mol. The number of ether oxygens (including phenoxy) is 2. The second kappa shape index (κ2) is 7.26. The quantitative estimate of drug-likeness (QED) is 0.502. The molecule has 0 saturated carbocycles. The minimum atomic E-state index is -0.511. The van der Waals surface area contributed by atoms with Crippen molar-refractivity contribution in [1.82, 2.24) is 0 Å². The van der Waals surface area contributed by atoms with Crippen LogP contribution in [0.2, 0.25) is 0 Å². The Morgan fingerprint density at radius 2 is 1.78 bits per heavy atom. The molecule has 0 fully saturated rings. The molecule has 7 nitrogen and oxygen atoms in total. The number of rotatable bonds is 6. The number of hydrogen-bond donors (Lipinski definition) is 1. The van der Waals surface area contributed by atoms with Gasteiger partial charge in [-0.1, -0.05) is 17.7 Å². The van der Waals surface area contributed by atoms with Crippen LogP contribution in [0.5, 0.6) is 11.5 Å². The number of nitro benzene ring substituents is 1. The predicted octanol–water partition coefficient (Wildman–Crippen LogP) is 3.37. The third-order valence-electron chi connectivity index (χ3n) is 3.18. The van der Waals surface area contributed by atoms with Gasteiger partial charge in [-0.3, -0.25) is 15.5 Å². The molecule has 0 unspecified atom stereocenters. The Labute approximate surface area is 133 Å². The van der Waals surface area contributed by atoms with Crippen LogP contribution in [0, 0.1) is 17.0 Å². The summed E-state index contributed by atoms with van der Waals surface area (Å²) in [6.07, 6.45) is 1.46. The van der Waals surface area contributed by atoms with Crippen LogP contribution < -0.4 is 14.9 Å². The average molecular weight is 315 g/mol. The van der Waals surface area contributed by atoms with Crippen molar-refractivity contribution < 1.29 is 14.4 Å². The van der Waals surface area contributed by atoms with Gasteiger partial charge in [0, 0.05) is 17.7 Å². The fraction of sp³-hybridized carbons (Fsp3) is 0.188. The number of nitrogens with one attached hydrogen (secondary N) is 1. The minimum absolute atomic E-state index is 0.135. The lowest BCUT2D eigenvalue weighted by atomic mass is 10.1. The van der Waals surface area contributed by atoms with Crippen LogP contribution in [0.25, 0.3) is 0 Å². The molecule has 2 rings (SSSR count). The number of nitro groups is 1. The zero-order valence-electron chi connectivity index (χ0n) is 13.1. The smallest absolute Gasteiger partial charge is 0.311 e. The van der Waals surface area contributed by atoms with Crippen LogP contribution >= 0.6 is 0 Å². The first-order valence-electron chi connectivity index (χ1n) is 6.81. The number of methoxy groups -OCH3 is 2. The van der Waals surface area contributed by atoms with E-state index in [0.717, 1.165) is 11.3 Å². The fourth-order valence-electron chi connectivity index (χ4n) is 1.95. The van der Waals surface area contributed by atoms with E-state index in [1.54, 1.807) is 0 Å². The van der Waals surface area contributed by atoms with Crippen LogP contribution in [0.3, 0.4) is 0 Å². The maximum absolute atomic E-state index is 11.1. The molecule has 0 aromatic heterocycles. The van der Waals surface area contributed by atoms with Crippen molar-refractivity contribution in [3.05, 3.63) is 57.6 Å². The normalized spacial score (nSPS) is 10.6. The Hall–Kier alpha value is -3.09. The lowest BCUT2D eigenvalue weighted by Gasteiger charge is -2.08. The molecular formula is C16H17N3O4. The molecule has 0 spiro atoms. The Balaban J connectivity index is 2.26. The van der Waals surface area contributed by atoms with Crippen LogP contribution in [-0.2, 0) is 0 Å². The van der Waals surface area contributed by atoms with Crippen LogP contribution in [0.15, 0.2) is 41.5 Å². The molecule has 2 aromatic rings. The largest absolute Gasteiger partial charge is 0.496 e. The SMILES string of the molecule is COc1cc(OC)c([N+](=O)[O-])cc1/C=N/Nc1ccc(C)cc1. The molecule has 1 N–H and O–H groups in total. The summed E-state index contributed by atoms with van der Waals surface area (Å²) in [6.45, 7) is 1.99. The van der Waals surface area contributed by atoms with Crippen molar-refractivity contribution in [2.24, 2.45) is 5.10 Å². The van der Waals surface area contributed by atoms with Gasteiger partial charge in [0.25, 0.3) is 0 Å². The molecule has 0 heterocycles. The Morgan fingerprint density at radius 3 is 2.35 bits per heavy atom. The zero-order valence-corrected chi connectivity index (χ0v) is 13.1. The maximum Gasteiger partial charge on any atom is 0.311 e. The van der Waals surface area contributed by atoms with Crippen LogP contribution in [-0.4, -0.2) is 25.4 Å². The summed E-state index contributed by atoms with van der Waals surface area (Å²) >= 11 is 0. The van der Waals surface area contributed by atoms with Crippen molar-refractivity contribution in [1.29, 1.82) is 0 Å². The van der Waals surface area contributed by atoms with E-state index >= 15 is 0 Å². The van der Waals surface area contributed by atoms with E-state index in [4.69, 9.17) is 9.47 Å². The number of anilines is 1. The monoisotopic (exact) mass is 315 g/mol. The van der Waals surface area contributed by atoms with Gasteiger partial charge in [-0.2, -0.15) is 5.10 Å². The number of hydrazone groups is 1. The molecular weight excluding hydrogens is 298 g/mol. The van der Waals surface area contributed by atoms with E-state index in [9.17, 15) is 10.1 Å². The van der Waals surface area contributed by atoms with Gasteiger partial charge in [0.2, 0.25) is 5.75 Å². The van der Waals surface area contributed by atoms with E-state index in [1.165, 1.54) is 32.6 Å². The molecule has 0 aliphatic carbocycles. The molecule has 120 valence electrons. The van der Waals surface area contributed by atoms with Crippen molar-refractivity contribution >= 4 is 17.6 Å². The van der Waals surface area contributed by atoms with Gasteiger partial charge in [-0.25, -0.2) is 0 Å². The second-order valence-electron chi connectivity index (χ2n) is 4.76. The number of hydrogen-bond acceptors (Lipinski definition) is 6. The van der Waals surface area contributed by atoms with Crippen molar-refractivity contribution in [3.8, 4) is 11.5 Å². The van der Waals surface area contributed by atoms with Gasteiger partial charge in [0.05, 0.1) is 31.0 Å². The van der Waals surface area contributed by atoms with E-state index in [-0.39, 0.29) is 11.4 Å². The second-order valence-corrected chi connectivity index (χ2v) is 4.76. The topological polar surface area (TPSA) is 86.0 Å². The first-order chi connectivity index (χ1) is 11.0. The molecule has 0 saturated heterocycles. The van der Waals surface area contributed by atoms with Gasteiger partial charge in [-0.05, 0) is 19.1 Å². The molecule has 7 heteroatoms. The molecule has 0 bridgehead atoms. The molecule has 0 aliphatic rings. The zero-order chi connectivity index (χ0) is 16.8. The third kappa shape index (κ3) is 3.97. The summed E-state index contributed by atoms with van der Waals surface area (Å²) in [5, 5.41) is 15.2. The number of nitrogens with zero attached hydrogens (tertiary/aromatic N) is 2. The Kier molecular flexibility index (Phi) is 5.14. The lowest BCUT2D eigenvalue weighted by molar-refractivity contribution is -0.385. The summed E-state index contributed by atoms with van der Waals surface area (Å²) in [7, 11) is 2.85. The Bertz CT molecular complexity index is 727. The first kappa shape index (κ1) is 16.3. The number of benzene rings is 2. The lowest BCUT2D eigenvalue weighted by Crippen LogP contribution is -1.99. The molecule has 0 aliphatic heterocycles. The summed E-state index contributed by atoms with van der Waals surface area (Å²) < 4.78 is 10.2. The maximum atomic E-state index is 11.1. The highest BCUT2D eigenvalue weighted by Gasteiger charge is 2.18. The van der Waals surface area contributed by atoms with Gasteiger partial charge in [0.15, 0.2) is 0 Å². The average Bonchev–Trinajstić information content (AvgIpc) is 2.56. The van der Waals surface area contributed by atoms with Crippen molar-refractivity contribution in [2.75, 3.05) is 19.6 Å². The van der Waals surface area contributed by atoms with Gasteiger partial charge < -0.3 is 9.47 Å². The molecule has 0 atom stereocenters. The molecule has 0 radical (unpaired) electrons. The molecule has 0 amide bonds. The van der Waals surface area contributed by atoms with Crippen LogP contribution in [0.1, 0.15) is 11.1 Å². The van der Waals surface area contributed by atoms with Crippen molar-refractivity contribution in [2.45, 2.75) is 6.92 Å². The van der Waals surface area contributed by atoms with E-state index < -0.39 is 4.92 Å². The summed E-state index contributed by atoms with van der Waals surface area (Å²) in [6, 6.07) is 10.5. The Morgan fingerprint density at radius 1 is 1.13 bits per heavy atom. The summed E-state index contributed by atoms with van der Waals surface area (Å²) in [5.41, 5.74) is 5.14. The van der Waals surface area contributed by atoms with Gasteiger partial charge in [0.1, 0.15) is 5.75 Å². The van der Waals surface area contributed by atoms with E-state index in [1.807, 2.05) is 31.2 Å². The highest BCUT2D eigenvalue weighted by Crippen LogP contribution is 2.33. The minimum Gasteiger partial charge on any atom is -0.496 e.